The smallest absolute Gasteiger partial charge is 0.293 e. The number of nitro groups is 1. The number of nitrogens with zero attached hydrogens (tertiary/aromatic N) is 2. The number of aliphatic hydroxyl groups is 1. The zero-order chi connectivity index (χ0) is 15.1. The largest absolute Gasteiger partial charge is 0.395 e. The van der Waals surface area contributed by atoms with Crippen LogP contribution in [-0.4, -0.2) is 42.2 Å². The van der Waals surface area contributed by atoms with Crippen LogP contribution in [0.2, 0.25) is 0 Å². The van der Waals surface area contributed by atoms with E-state index in [1.807, 2.05) is 6.92 Å². The number of nitro benzene ring substituents is 1. The summed E-state index contributed by atoms with van der Waals surface area (Å²) < 4.78 is 0. The summed E-state index contributed by atoms with van der Waals surface area (Å²) in [6.07, 6.45) is 0. The molecule has 0 bridgehead atoms. The summed E-state index contributed by atoms with van der Waals surface area (Å²) >= 11 is 0. The number of nitrogens with one attached hydrogen (secondary N) is 1. The van der Waals surface area contributed by atoms with E-state index in [4.69, 9.17) is 5.11 Å². The normalized spacial score (nSPS) is 10.2. The van der Waals surface area contributed by atoms with E-state index in [1.54, 1.807) is 24.0 Å². The first-order valence-corrected chi connectivity index (χ1v) is 6.47. The quantitative estimate of drug-likeness (QED) is 0.577. The van der Waals surface area contributed by atoms with E-state index in [2.05, 4.69) is 5.32 Å². The van der Waals surface area contributed by atoms with Crippen molar-refractivity contribution in [3.05, 3.63) is 33.9 Å². The highest BCUT2D eigenvalue weighted by Crippen LogP contribution is 2.29. The van der Waals surface area contributed by atoms with Crippen LogP contribution >= 0.6 is 0 Å². The molecule has 0 radical (unpaired) electrons. The molecule has 0 spiro atoms. The van der Waals surface area contributed by atoms with Gasteiger partial charge < -0.3 is 15.3 Å². The Labute approximate surface area is 117 Å². The molecule has 20 heavy (non-hydrogen) atoms. The molecule has 0 fully saturated rings. The lowest BCUT2D eigenvalue weighted by molar-refractivity contribution is -0.384. The summed E-state index contributed by atoms with van der Waals surface area (Å²) in [7, 11) is 0. The van der Waals surface area contributed by atoms with Crippen LogP contribution < -0.4 is 10.2 Å². The molecule has 2 N–H and O–H groups in total. The van der Waals surface area contributed by atoms with Gasteiger partial charge in [0, 0.05) is 31.3 Å². The Bertz CT molecular complexity index is 491. The Morgan fingerprint density at radius 2 is 2.15 bits per heavy atom. The van der Waals surface area contributed by atoms with Crippen LogP contribution in [0.4, 0.5) is 11.4 Å². The minimum absolute atomic E-state index is 0.0942. The van der Waals surface area contributed by atoms with E-state index in [1.165, 1.54) is 6.07 Å². The molecule has 1 amide bonds. The number of carbonyl (C=O) groups is 1. The van der Waals surface area contributed by atoms with E-state index < -0.39 is 4.92 Å². The first-order chi connectivity index (χ1) is 9.54. The van der Waals surface area contributed by atoms with Gasteiger partial charge in [-0.3, -0.25) is 14.9 Å². The minimum atomic E-state index is -0.516. The maximum atomic E-state index is 11.7. The molecule has 0 saturated carbocycles. The Kier molecular flexibility index (Phi) is 5.92. The van der Waals surface area contributed by atoms with Gasteiger partial charge in [0.05, 0.1) is 11.5 Å². The standard InChI is InChI=1S/C13H19N3O4/c1-3-14-13(18)10-5-6-11(12(9-10)16(19)20)15(4-2)7-8-17/h5-6,9,17H,3-4,7-8H2,1-2H3,(H,14,18). The number of amides is 1. The van der Waals surface area contributed by atoms with E-state index in [-0.39, 0.29) is 23.8 Å². The number of hydrogen-bond acceptors (Lipinski definition) is 5. The SMILES string of the molecule is CCNC(=O)c1ccc(N(CC)CCO)c([N+](=O)[O-])c1. The predicted molar refractivity (Wildman–Crippen MR) is 76.1 cm³/mol. The van der Waals surface area contributed by atoms with Crippen LogP contribution in [0, 0.1) is 10.1 Å². The van der Waals surface area contributed by atoms with Gasteiger partial charge in [0.25, 0.3) is 11.6 Å². The second-order valence-electron chi connectivity index (χ2n) is 4.12. The number of anilines is 1. The lowest BCUT2D eigenvalue weighted by atomic mass is 10.1. The molecule has 1 aromatic rings. The molecular weight excluding hydrogens is 262 g/mol. The van der Waals surface area contributed by atoms with Gasteiger partial charge in [-0.05, 0) is 26.0 Å². The Balaban J connectivity index is 3.19. The average molecular weight is 281 g/mol. The Hall–Kier alpha value is -2.15. The molecule has 0 aromatic heterocycles. The number of benzene rings is 1. The van der Waals surface area contributed by atoms with E-state index in [0.29, 0.717) is 25.3 Å². The van der Waals surface area contributed by atoms with Crippen molar-refractivity contribution >= 4 is 17.3 Å². The van der Waals surface area contributed by atoms with Crippen LogP contribution in [0.3, 0.4) is 0 Å². The fraction of sp³-hybridized carbons (Fsp3) is 0.462. The molecule has 110 valence electrons. The van der Waals surface area contributed by atoms with E-state index in [0.717, 1.165) is 0 Å². The molecule has 0 aliphatic rings. The average Bonchev–Trinajstić information content (AvgIpc) is 2.44. The molecule has 0 unspecified atom stereocenters. The van der Waals surface area contributed by atoms with Gasteiger partial charge in [-0.1, -0.05) is 0 Å². The highest BCUT2D eigenvalue weighted by Gasteiger charge is 2.20. The minimum Gasteiger partial charge on any atom is -0.395 e. The monoisotopic (exact) mass is 281 g/mol. The molecule has 1 aromatic carbocycles. The van der Waals surface area contributed by atoms with Crippen molar-refractivity contribution in [2.75, 3.05) is 31.1 Å². The number of carbonyl (C=O) groups excluding carboxylic acids is 1. The summed E-state index contributed by atoms with van der Waals surface area (Å²) in [6, 6.07) is 4.36. The van der Waals surface area contributed by atoms with Crippen LogP contribution in [0.5, 0.6) is 0 Å². The zero-order valence-electron chi connectivity index (χ0n) is 11.6. The molecular formula is C13H19N3O4. The van der Waals surface area contributed by atoms with Gasteiger partial charge in [0.1, 0.15) is 5.69 Å². The Morgan fingerprint density at radius 3 is 2.65 bits per heavy atom. The van der Waals surface area contributed by atoms with Gasteiger partial charge in [-0.2, -0.15) is 0 Å². The summed E-state index contributed by atoms with van der Waals surface area (Å²) in [6.45, 7) is 4.82. The third-order valence-electron chi connectivity index (χ3n) is 2.86. The predicted octanol–water partition coefficient (Wildman–Crippen LogP) is 1.16. The molecule has 1 rings (SSSR count). The molecule has 0 aliphatic carbocycles. The maximum Gasteiger partial charge on any atom is 0.293 e. The van der Waals surface area contributed by atoms with Gasteiger partial charge in [-0.15, -0.1) is 0 Å². The van der Waals surface area contributed by atoms with E-state index in [9.17, 15) is 14.9 Å². The summed E-state index contributed by atoms with van der Waals surface area (Å²) in [5.74, 6) is -0.340. The lowest BCUT2D eigenvalue weighted by Gasteiger charge is -2.21. The van der Waals surface area contributed by atoms with Crippen molar-refractivity contribution in [3.8, 4) is 0 Å². The van der Waals surface area contributed by atoms with Gasteiger partial charge >= 0.3 is 0 Å². The highest BCUT2D eigenvalue weighted by atomic mass is 16.6. The second kappa shape index (κ2) is 7.44. The second-order valence-corrected chi connectivity index (χ2v) is 4.12. The van der Waals surface area contributed by atoms with Gasteiger partial charge in [-0.25, -0.2) is 0 Å². The van der Waals surface area contributed by atoms with Gasteiger partial charge in [0.2, 0.25) is 0 Å². The summed E-state index contributed by atoms with van der Waals surface area (Å²) in [4.78, 5) is 24.1. The molecule has 0 aliphatic heterocycles. The zero-order valence-corrected chi connectivity index (χ0v) is 11.6. The van der Waals surface area contributed by atoms with Crippen molar-refractivity contribution < 1.29 is 14.8 Å². The highest BCUT2D eigenvalue weighted by molar-refractivity contribution is 5.95. The molecule has 0 heterocycles. The van der Waals surface area contributed by atoms with Crippen LogP contribution in [-0.2, 0) is 0 Å². The van der Waals surface area contributed by atoms with Crippen molar-refractivity contribution in [3.63, 3.8) is 0 Å². The molecule has 7 heteroatoms. The third-order valence-corrected chi connectivity index (χ3v) is 2.86. The third kappa shape index (κ3) is 3.67. The summed E-state index contributed by atoms with van der Waals surface area (Å²) in [5.41, 5.74) is 0.519. The number of aliphatic hydroxyl groups excluding tert-OH is 1. The van der Waals surface area contributed by atoms with Crippen molar-refractivity contribution in [2.45, 2.75) is 13.8 Å². The maximum absolute atomic E-state index is 11.7. The van der Waals surface area contributed by atoms with Crippen molar-refractivity contribution in [1.29, 1.82) is 0 Å². The number of likely N-dealkylation sites (N-methyl/N-ethyl adjacent to an activating group) is 1. The fourth-order valence-corrected chi connectivity index (χ4v) is 1.91. The van der Waals surface area contributed by atoms with Crippen LogP contribution in [0.1, 0.15) is 24.2 Å². The van der Waals surface area contributed by atoms with Gasteiger partial charge in [0.15, 0.2) is 0 Å². The van der Waals surface area contributed by atoms with E-state index >= 15 is 0 Å². The summed E-state index contributed by atoms with van der Waals surface area (Å²) in [5, 5.41) is 22.8. The van der Waals surface area contributed by atoms with Crippen LogP contribution in [0.15, 0.2) is 18.2 Å². The van der Waals surface area contributed by atoms with Crippen LogP contribution in [0.25, 0.3) is 0 Å². The Morgan fingerprint density at radius 1 is 1.45 bits per heavy atom. The first-order valence-electron chi connectivity index (χ1n) is 6.47. The molecule has 0 atom stereocenters. The fourth-order valence-electron chi connectivity index (χ4n) is 1.91. The van der Waals surface area contributed by atoms with Crippen molar-refractivity contribution in [1.82, 2.24) is 5.32 Å². The lowest BCUT2D eigenvalue weighted by Crippen LogP contribution is -2.27. The molecule has 7 nitrogen and oxygen atoms in total. The number of rotatable bonds is 7. The number of hydrogen-bond donors (Lipinski definition) is 2. The van der Waals surface area contributed by atoms with Crippen molar-refractivity contribution in [2.24, 2.45) is 0 Å². The first kappa shape index (κ1) is 15.9. The topological polar surface area (TPSA) is 95.7 Å². The molecule has 0 saturated heterocycles.